The van der Waals surface area contributed by atoms with Crippen molar-refractivity contribution in [2.24, 2.45) is 0 Å². The predicted octanol–water partition coefficient (Wildman–Crippen LogP) is 4.22. The van der Waals surface area contributed by atoms with Crippen molar-refractivity contribution in [2.75, 3.05) is 30.8 Å². The van der Waals surface area contributed by atoms with Crippen molar-refractivity contribution in [3.63, 3.8) is 0 Å². The van der Waals surface area contributed by atoms with Crippen LogP contribution in [0.1, 0.15) is 0 Å². The number of benzene rings is 2. The Hall–Kier alpha value is -2.62. The summed E-state index contributed by atoms with van der Waals surface area (Å²) in [6, 6.07) is 13.3. The van der Waals surface area contributed by atoms with E-state index in [0.29, 0.717) is 16.5 Å². The molecule has 1 aromatic heterocycles. The van der Waals surface area contributed by atoms with Gasteiger partial charge in [-0.3, -0.25) is 14.5 Å². The highest BCUT2D eigenvalue weighted by molar-refractivity contribution is 9.10. The van der Waals surface area contributed by atoms with E-state index in [1.807, 2.05) is 18.2 Å². The van der Waals surface area contributed by atoms with Crippen molar-refractivity contribution in [2.45, 2.75) is 0 Å². The van der Waals surface area contributed by atoms with Crippen LogP contribution in [0.5, 0.6) is 0 Å². The number of thiazole rings is 1. The van der Waals surface area contributed by atoms with Gasteiger partial charge >= 0.3 is 0 Å². The first kappa shape index (κ1) is 21.1. The van der Waals surface area contributed by atoms with E-state index in [-0.39, 0.29) is 30.7 Å². The molecule has 0 aliphatic rings. The molecule has 0 aliphatic carbocycles. The molecule has 2 amide bonds. The molecule has 0 saturated carbocycles. The maximum Gasteiger partial charge on any atom is 0.240 e. The predicted molar refractivity (Wildman–Crippen MR) is 116 cm³/mol. The van der Waals surface area contributed by atoms with Gasteiger partial charge in [0.1, 0.15) is 5.82 Å². The maximum absolute atomic E-state index is 13.0. The maximum atomic E-state index is 13.0. The van der Waals surface area contributed by atoms with E-state index in [4.69, 9.17) is 0 Å². The number of carbonyl (C=O) groups is 2. The standard InChI is InChI=1S/C20H18BrFN4O2S/c1-26(10-18(27)23-16-5-3-2-4-15(16)21)11-19(28)25-20-24-17(12-29-20)13-6-8-14(22)9-7-13/h2-9,12H,10-11H2,1H3,(H,23,27)(H,24,25,28). The fourth-order valence-corrected chi connectivity index (χ4v) is 3.66. The van der Waals surface area contributed by atoms with E-state index in [1.165, 1.54) is 23.5 Å². The van der Waals surface area contributed by atoms with E-state index in [2.05, 4.69) is 31.5 Å². The van der Waals surface area contributed by atoms with Gasteiger partial charge in [0.2, 0.25) is 11.8 Å². The number of halogens is 2. The summed E-state index contributed by atoms with van der Waals surface area (Å²) in [7, 11) is 1.69. The number of nitrogens with one attached hydrogen (secondary N) is 2. The van der Waals surface area contributed by atoms with Crippen LogP contribution in [0.3, 0.4) is 0 Å². The Morgan fingerprint density at radius 1 is 1.07 bits per heavy atom. The third-order valence-corrected chi connectivity index (χ3v) is 5.31. The van der Waals surface area contributed by atoms with Crippen LogP contribution in [-0.2, 0) is 9.59 Å². The molecule has 3 rings (SSSR count). The Balaban J connectivity index is 1.49. The number of carbonyl (C=O) groups excluding carboxylic acids is 2. The molecule has 3 aromatic rings. The van der Waals surface area contributed by atoms with Crippen LogP contribution in [0, 0.1) is 5.82 Å². The lowest BCUT2D eigenvalue weighted by Crippen LogP contribution is -2.36. The number of likely N-dealkylation sites (N-methyl/N-ethyl adjacent to an activating group) is 1. The van der Waals surface area contributed by atoms with Gasteiger partial charge in [-0.2, -0.15) is 0 Å². The number of aromatic nitrogens is 1. The minimum Gasteiger partial charge on any atom is -0.324 e. The minimum atomic E-state index is -0.316. The zero-order chi connectivity index (χ0) is 20.8. The zero-order valence-corrected chi connectivity index (χ0v) is 17.9. The molecule has 0 unspecified atom stereocenters. The lowest BCUT2D eigenvalue weighted by molar-refractivity contribution is -0.119. The van der Waals surface area contributed by atoms with Gasteiger partial charge in [-0.05, 0) is 59.4 Å². The smallest absolute Gasteiger partial charge is 0.240 e. The van der Waals surface area contributed by atoms with E-state index in [0.717, 1.165) is 10.0 Å². The molecule has 0 radical (unpaired) electrons. The molecular formula is C20H18BrFN4O2S. The molecule has 0 fully saturated rings. The molecule has 0 spiro atoms. The van der Waals surface area contributed by atoms with Gasteiger partial charge in [0.25, 0.3) is 0 Å². The number of nitrogens with zero attached hydrogens (tertiary/aromatic N) is 2. The first-order valence-electron chi connectivity index (χ1n) is 8.65. The molecule has 29 heavy (non-hydrogen) atoms. The second-order valence-electron chi connectivity index (χ2n) is 6.29. The number of anilines is 2. The van der Waals surface area contributed by atoms with E-state index in [1.54, 1.807) is 35.5 Å². The number of hydrogen-bond acceptors (Lipinski definition) is 5. The minimum absolute atomic E-state index is 0.0365. The molecule has 0 bridgehead atoms. The second kappa shape index (κ2) is 9.73. The van der Waals surface area contributed by atoms with Crippen LogP contribution in [0.4, 0.5) is 15.2 Å². The Kier molecular flexibility index (Phi) is 7.08. The summed E-state index contributed by atoms with van der Waals surface area (Å²) in [5.74, 6) is -0.814. The Labute approximate surface area is 179 Å². The van der Waals surface area contributed by atoms with Gasteiger partial charge < -0.3 is 10.6 Å². The fraction of sp³-hybridized carbons (Fsp3) is 0.150. The molecular weight excluding hydrogens is 459 g/mol. The van der Waals surface area contributed by atoms with Crippen LogP contribution >= 0.6 is 27.3 Å². The summed E-state index contributed by atoms with van der Waals surface area (Å²) < 4.78 is 13.8. The molecule has 0 aliphatic heterocycles. The van der Waals surface area contributed by atoms with Crippen LogP contribution in [0.15, 0.2) is 58.4 Å². The molecule has 2 aromatic carbocycles. The molecule has 0 saturated heterocycles. The molecule has 0 atom stereocenters. The number of para-hydroxylation sites is 1. The summed E-state index contributed by atoms with van der Waals surface area (Å²) in [4.78, 5) is 30.3. The van der Waals surface area contributed by atoms with Crippen molar-refractivity contribution in [1.82, 2.24) is 9.88 Å². The largest absolute Gasteiger partial charge is 0.324 e. The monoisotopic (exact) mass is 476 g/mol. The van der Waals surface area contributed by atoms with Crippen LogP contribution in [0.25, 0.3) is 11.3 Å². The Morgan fingerprint density at radius 3 is 2.41 bits per heavy atom. The average Bonchev–Trinajstić information content (AvgIpc) is 3.12. The number of rotatable bonds is 7. The molecule has 1 heterocycles. The quantitative estimate of drug-likeness (QED) is 0.535. The van der Waals surface area contributed by atoms with Crippen molar-refractivity contribution in [3.8, 4) is 11.3 Å². The highest BCUT2D eigenvalue weighted by atomic mass is 79.9. The first-order valence-corrected chi connectivity index (χ1v) is 10.3. The van der Waals surface area contributed by atoms with E-state index >= 15 is 0 Å². The zero-order valence-electron chi connectivity index (χ0n) is 15.5. The van der Waals surface area contributed by atoms with Crippen molar-refractivity contribution >= 4 is 49.9 Å². The van der Waals surface area contributed by atoms with Gasteiger partial charge in [-0.25, -0.2) is 9.37 Å². The SMILES string of the molecule is CN(CC(=O)Nc1nc(-c2ccc(F)cc2)cs1)CC(=O)Nc1ccccc1Br. The Morgan fingerprint density at radius 2 is 1.72 bits per heavy atom. The summed E-state index contributed by atoms with van der Waals surface area (Å²) in [5, 5.41) is 7.75. The van der Waals surface area contributed by atoms with Gasteiger partial charge in [-0.1, -0.05) is 12.1 Å². The van der Waals surface area contributed by atoms with Gasteiger partial charge in [0, 0.05) is 15.4 Å². The van der Waals surface area contributed by atoms with Crippen molar-refractivity contribution in [1.29, 1.82) is 0 Å². The first-order chi connectivity index (χ1) is 13.9. The van der Waals surface area contributed by atoms with Gasteiger partial charge in [0.15, 0.2) is 5.13 Å². The number of hydrogen-bond donors (Lipinski definition) is 2. The number of amides is 2. The van der Waals surface area contributed by atoms with Crippen molar-refractivity contribution < 1.29 is 14.0 Å². The van der Waals surface area contributed by atoms with Crippen LogP contribution in [0.2, 0.25) is 0 Å². The summed E-state index contributed by atoms with van der Waals surface area (Å²) >= 11 is 4.66. The lowest BCUT2D eigenvalue weighted by Gasteiger charge is -2.15. The van der Waals surface area contributed by atoms with E-state index < -0.39 is 0 Å². The molecule has 2 N–H and O–H groups in total. The summed E-state index contributed by atoms with van der Waals surface area (Å²) in [5.41, 5.74) is 2.10. The molecule has 6 nitrogen and oxygen atoms in total. The van der Waals surface area contributed by atoms with Gasteiger partial charge in [0.05, 0.1) is 24.5 Å². The normalized spacial score (nSPS) is 10.8. The topological polar surface area (TPSA) is 74.3 Å². The Bertz CT molecular complexity index is 1010. The highest BCUT2D eigenvalue weighted by Crippen LogP contribution is 2.25. The van der Waals surface area contributed by atoms with E-state index in [9.17, 15) is 14.0 Å². The van der Waals surface area contributed by atoms with Crippen LogP contribution in [-0.4, -0.2) is 41.8 Å². The van der Waals surface area contributed by atoms with Crippen molar-refractivity contribution in [3.05, 3.63) is 64.2 Å². The fourth-order valence-electron chi connectivity index (χ4n) is 2.54. The highest BCUT2D eigenvalue weighted by Gasteiger charge is 2.13. The summed E-state index contributed by atoms with van der Waals surface area (Å²) in [6.45, 7) is 0.0995. The molecule has 150 valence electrons. The van der Waals surface area contributed by atoms with Gasteiger partial charge in [-0.15, -0.1) is 11.3 Å². The summed E-state index contributed by atoms with van der Waals surface area (Å²) in [6.07, 6.45) is 0. The van der Waals surface area contributed by atoms with Crippen LogP contribution < -0.4 is 10.6 Å². The second-order valence-corrected chi connectivity index (χ2v) is 8.01. The molecule has 9 heteroatoms. The average molecular weight is 477 g/mol. The third-order valence-electron chi connectivity index (χ3n) is 3.87. The lowest BCUT2D eigenvalue weighted by atomic mass is 10.2. The third kappa shape index (κ3) is 6.18.